The summed E-state index contributed by atoms with van der Waals surface area (Å²) in [7, 11) is 0. The second-order valence-corrected chi connectivity index (χ2v) is 7.10. The van der Waals surface area contributed by atoms with Gasteiger partial charge in [-0.3, -0.25) is 4.79 Å². The van der Waals surface area contributed by atoms with Crippen molar-refractivity contribution in [2.75, 3.05) is 0 Å². The molecule has 1 aliphatic rings. The smallest absolute Gasteiger partial charge is 0.237 e. The first-order valence-electron chi connectivity index (χ1n) is 6.52. The van der Waals surface area contributed by atoms with Crippen molar-refractivity contribution in [1.82, 2.24) is 5.32 Å². The molecule has 1 aromatic rings. The van der Waals surface area contributed by atoms with Crippen molar-refractivity contribution in [3.05, 3.63) is 21.9 Å². The number of halogens is 1. The Morgan fingerprint density at radius 1 is 1.53 bits per heavy atom. The van der Waals surface area contributed by atoms with Gasteiger partial charge in [-0.15, -0.1) is 23.7 Å². The van der Waals surface area contributed by atoms with Crippen LogP contribution in [0, 0.1) is 5.41 Å². The van der Waals surface area contributed by atoms with Crippen LogP contribution in [-0.2, 0) is 11.2 Å². The normalized spacial score (nSPS) is 20.1. The van der Waals surface area contributed by atoms with E-state index in [0.717, 1.165) is 19.3 Å². The van der Waals surface area contributed by atoms with Crippen molar-refractivity contribution < 1.29 is 4.79 Å². The maximum absolute atomic E-state index is 12.2. The van der Waals surface area contributed by atoms with Crippen molar-refractivity contribution in [3.63, 3.8) is 0 Å². The molecule has 0 saturated carbocycles. The zero-order chi connectivity index (χ0) is 13.3. The summed E-state index contributed by atoms with van der Waals surface area (Å²) < 4.78 is 0. The van der Waals surface area contributed by atoms with Crippen molar-refractivity contribution in [3.8, 4) is 0 Å². The van der Waals surface area contributed by atoms with Crippen LogP contribution < -0.4 is 11.1 Å². The molecule has 0 aliphatic heterocycles. The number of thiophene rings is 1. The van der Waals surface area contributed by atoms with Crippen molar-refractivity contribution >= 4 is 29.7 Å². The van der Waals surface area contributed by atoms with E-state index >= 15 is 0 Å². The molecule has 5 heteroatoms. The van der Waals surface area contributed by atoms with E-state index in [-0.39, 0.29) is 29.8 Å². The minimum atomic E-state index is -0.457. The highest BCUT2D eigenvalue weighted by Crippen LogP contribution is 2.33. The minimum absolute atomic E-state index is 0. The predicted octanol–water partition coefficient (Wildman–Crippen LogP) is 3.04. The molecule has 0 radical (unpaired) electrons. The second kappa shape index (κ2) is 6.25. The molecule has 2 rings (SSSR count). The predicted molar refractivity (Wildman–Crippen MR) is 82.8 cm³/mol. The molecular weight excluding hydrogens is 280 g/mol. The van der Waals surface area contributed by atoms with E-state index in [1.807, 2.05) is 20.8 Å². The fourth-order valence-corrected chi connectivity index (χ4v) is 3.28. The number of amides is 1. The molecule has 19 heavy (non-hydrogen) atoms. The summed E-state index contributed by atoms with van der Waals surface area (Å²) in [5.41, 5.74) is 7.09. The van der Waals surface area contributed by atoms with Gasteiger partial charge in [0.1, 0.15) is 0 Å². The van der Waals surface area contributed by atoms with Gasteiger partial charge in [-0.2, -0.15) is 0 Å². The van der Waals surface area contributed by atoms with E-state index in [9.17, 15) is 4.79 Å². The molecule has 0 bridgehead atoms. The quantitative estimate of drug-likeness (QED) is 0.882. The molecule has 0 fully saturated rings. The van der Waals surface area contributed by atoms with E-state index in [1.165, 1.54) is 10.4 Å². The Kier molecular flexibility index (Phi) is 5.42. The van der Waals surface area contributed by atoms with Crippen LogP contribution in [0.1, 0.15) is 50.1 Å². The van der Waals surface area contributed by atoms with Crippen LogP contribution in [0.25, 0.3) is 0 Å². The SMILES string of the molecule is CC(C)(C)[C@H](N)C(=O)NC1CCCc2sccc21.Cl. The molecule has 3 N–H and O–H groups in total. The van der Waals surface area contributed by atoms with Crippen molar-refractivity contribution in [2.45, 2.75) is 52.1 Å². The third-order valence-electron chi connectivity index (χ3n) is 3.58. The summed E-state index contributed by atoms with van der Waals surface area (Å²) in [6, 6.07) is 1.83. The molecule has 108 valence electrons. The zero-order valence-corrected chi connectivity index (χ0v) is 13.4. The molecule has 1 heterocycles. The fraction of sp³-hybridized carbons (Fsp3) is 0.643. The number of fused-ring (bicyclic) bond motifs is 1. The molecule has 1 aliphatic carbocycles. The van der Waals surface area contributed by atoms with Crippen LogP contribution in [0.5, 0.6) is 0 Å². The summed E-state index contributed by atoms with van der Waals surface area (Å²) in [6.07, 6.45) is 3.31. The standard InChI is InChI=1S/C14H22N2OS.ClH/c1-14(2,3)12(15)13(17)16-10-5-4-6-11-9(10)7-8-18-11;/h7-8,10,12H,4-6,15H2,1-3H3,(H,16,17);1H/t10?,12-;/m1./s1. The van der Waals surface area contributed by atoms with Gasteiger partial charge < -0.3 is 11.1 Å². The van der Waals surface area contributed by atoms with Crippen LogP contribution in [0.15, 0.2) is 11.4 Å². The molecule has 0 spiro atoms. The number of carbonyl (C=O) groups is 1. The van der Waals surface area contributed by atoms with Gasteiger partial charge in [0, 0.05) is 4.88 Å². The first kappa shape index (κ1) is 16.5. The Morgan fingerprint density at radius 2 is 2.21 bits per heavy atom. The molecule has 3 nitrogen and oxygen atoms in total. The number of rotatable bonds is 2. The highest BCUT2D eigenvalue weighted by molar-refractivity contribution is 7.10. The molecule has 1 unspecified atom stereocenters. The lowest BCUT2D eigenvalue weighted by atomic mass is 9.86. The highest BCUT2D eigenvalue weighted by Gasteiger charge is 2.30. The van der Waals surface area contributed by atoms with E-state index in [4.69, 9.17) is 5.73 Å². The zero-order valence-electron chi connectivity index (χ0n) is 11.7. The topological polar surface area (TPSA) is 55.1 Å². The summed E-state index contributed by atoms with van der Waals surface area (Å²) in [4.78, 5) is 13.6. The first-order chi connectivity index (χ1) is 8.39. The number of nitrogens with two attached hydrogens (primary N) is 1. The van der Waals surface area contributed by atoms with Crippen LogP contribution in [0.4, 0.5) is 0 Å². The summed E-state index contributed by atoms with van der Waals surface area (Å²) in [5.74, 6) is -0.0356. The van der Waals surface area contributed by atoms with Crippen molar-refractivity contribution in [2.24, 2.45) is 11.1 Å². The molecule has 0 aromatic carbocycles. The van der Waals surface area contributed by atoms with Gasteiger partial charge in [0.2, 0.25) is 5.91 Å². The van der Waals surface area contributed by atoms with Gasteiger partial charge in [0.15, 0.2) is 0 Å². The maximum atomic E-state index is 12.2. The van der Waals surface area contributed by atoms with Gasteiger partial charge in [-0.1, -0.05) is 20.8 Å². The van der Waals surface area contributed by atoms with Crippen LogP contribution >= 0.6 is 23.7 Å². The number of hydrogen-bond donors (Lipinski definition) is 2. The average Bonchev–Trinajstić information content (AvgIpc) is 2.75. The molecule has 2 atom stereocenters. The number of aryl methyl sites for hydroxylation is 1. The lowest BCUT2D eigenvalue weighted by molar-refractivity contribution is -0.125. The van der Waals surface area contributed by atoms with Gasteiger partial charge in [0.25, 0.3) is 0 Å². The van der Waals surface area contributed by atoms with Gasteiger partial charge in [-0.25, -0.2) is 0 Å². The van der Waals surface area contributed by atoms with Crippen LogP contribution in [-0.4, -0.2) is 11.9 Å². The van der Waals surface area contributed by atoms with E-state index in [0.29, 0.717) is 0 Å². The minimum Gasteiger partial charge on any atom is -0.348 e. The third-order valence-corrected chi connectivity index (χ3v) is 4.58. The summed E-state index contributed by atoms with van der Waals surface area (Å²) in [6.45, 7) is 5.98. The average molecular weight is 303 g/mol. The van der Waals surface area contributed by atoms with Crippen LogP contribution in [0.2, 0.25) is 0 Å². The summed E-state index contributed by atoms with van der Waals surface area (Å²) in [5, 5.41) is 5.22. The van der Waals surface area contributed by atoms with Gasteiger partial charge >= 0.3 is 0 Å². The molecule has 0 saturated heterocycles. The Hall–Kier alpha value is -0.580. The Bertz CT molecular complexity index is 439. The second-order valence-electron chi connectivity index (χ2n) is 6.10. The first-order valence-corrected chi connectivity index (χ1v) is 7.40. The molecule has 1 aromatic heterocycles. The Morgan fingerprint density at radius 3 is 2.84 bits per heavy atom. The van der Waals surface area contributed by atoms with Crippen molar-refractivity contribution in [1.29, 1.82) is 0 Å². The molecular formula is C14H23ClN2OS. The summed E-state index contributed by atoms with van der Waals surface area (Å²) >= 11 is 1.79. The lowest BCUT2D eigenvalue weighted by Gasteiger charge is -2.30. The van der Waals surface area contributed by atoms with Gasteiger partial charge in [0.05, 0.1) is 12.1 Å². The number of nitrogens with one attached hydrogen (secondary N) is 1. The lowest BCUT2D eigenvalue weighted by Crippen LogP contribution is -2.49. The monoisotopic (exact) mass is 302 g/mol. The van der Waals surface area contributed by atoms with E-state index in [1.54, 1.807) is 11.3 Å². The van der Waals surface area contributed by atoms with Crippen LogP contribution in [0.3, 0.4) is 0 Å². The Labute approximate surface area is 125 Å². The van der Waals surface area contributed by atoms with E-state index in [2.05, 4.69) is 16.8 Å². The Balaban J connectivity index is 0.00000180. The number of carbonyl (C=O) groups excluding carboxylic acids is 1. The largest absolute Gasteiger partial charge is 0.348 e. The fourth-order valence-electron chi connectivity index (χ4n) is 2.29. The third kappa shape index (κ3) is 3.71. The number of hydrogen-bond acceptors (Lipinski definition) is 3. The highest BCUT2D eigenvalue weighted by atomic mass is 35.5. The molecule has 1 amide bonds. The van der Waals surface area contributed by atoms with Gasteiger partial charge in [-0.05, 0) is 41.7 Å². The maximum Gasteiger partial charge on any atom is 0.237 e. The van der Waals surface area contributed by atoms with E-state index < -0.39 is 6.04 Å².